The molecule has 3 heteroatoms. The Bertz CT molecular complexity index is 227. The molecule has 0 spiro atoms. The molecule has 0 N–H and O–H groups in total. The molecule has 0 unspecified atom stereocenters. The van der Waals surface area contributed by atoms with Crippen LogP contribution in [0.1, 0.15) is 40.5 Å². The van der Waals surface area contributed by atoms with Gasteiger partial charge >= 0.3 is 6.18 Å². The van der Waals surface area contributed by atoms with E-state index in [0.29, 0.717) is 12.3 Å². The molecule has 0 aromatic heterocycles. The van der Waals surface area contributed by atoms with E-state index in [0.717, 1.165) is 6.42 Å². The number of rotatable bonds is 3. The molecule has 0 heterocycles. The lowest BCUT2D eigenvalue weighted by molar-refractivity contribution is -0.0698. The van der Waals surface area contributed by atoms with E-state index in [1.807, 2.05) is 27.7 Å². The normalized spacial score (nSPS) is 14.5. The Balaban J connectivity index is 4.29. The highest BCUT2D eigenvalue weighted by Crippen LogP contribution is 2.32. The van der Waals surface area contributed by atoms with E-state index in [2.05, 4.69) is 5.92 Å². The Kier molecular flexibility index (Phi) is 4.51. The first-order valence-corrected chi connectivity index (χ1v) is 4.76. The van der Waals surface area contributed by atoms with Crippen molar-refractivity contribution in [3.63, 3.8) is 0 Å². The van der Waals surface area contributed by atoms with Crippen LogP contribution >= 0.6 is 0 Å². The average molecular weight is 206 g/mol. The van der Waals surface area contributed by atoms with Gasteiger partial charge in [-0.15, -0.1) is 0 Å². The molecular formula is C11H17F3. The minimum absolute atomic E-state index is 0.146. The van der Waals surface area contributed by atoms with Crippen LogP contribution in [0.3, 0.4) is 0 Å². The lowest BCUT2D eigenvalue weighted by atomic mass is 9.76. The fourth-order valence-corrected chi connectivity index (χ4v) is 1.10. The van der Waals surface area contributed by atoms with Crippen molar-refractivity contribution >= 4 is 0 Å². The quantitative estimate of drug-likeness (QED) is 0.612. The Morgan fingerprint density at radius 3 is 2.07 bits per heavy atom. The van der Waals surface area contributed by atoms with Crippen molar-refractivity contribution in [2.75, 3.05) is 0 Å². The standard InChI is InChI=1S/C11H17F3/c1-5-9(2)10(3,4)7-6-8-11(12,13)14/h9H,5,7H2,1-4H3/t9-/m1/s1. The molecule has 82 valence electrons. The minimum atomic E-state index is -4.36. The van der Waals surface area contributed by atoms with Crippen molar-refractivity contribution in [1.29, 1.82) is 0 Å². The van der Waals surface area contributed by atoms with E-state index >= 15 is 0 Å². The van der Waals surface area contributed by atoms with Gasteiger partial charge in [0.05, 0.1) is 0 Å². The van der Waals surface area contributed by atoms with Gasteiger partial charge in [0.15, 0.2) is 0 Å². The Hall–Kier alpha value is -0.650. The molecule has 0 amide bonds. The molecule has 0 saturated carbocycles. The predicted octanol–water partition coefficient (Wildman–Crippen LogP) is 4.01. The number of hydrogen-bond acceptors (Lipinski definition) is 0. The molecule has 0 nitrogen and oxygen atoms in total. The summed E-state index contributed by atoms with van der Waals surface area (Å²) >= 11 is 0. The smallest absolute Gasteiger partial charge is 0.159 e. The van der Waals surface area contributed by atoms with Crippen molar-refractivity contribution in [3.8, 4) is 11.8 Å². The SMILES string of the molecule is CC[C@@H](C)C(C)(C)CC#CC(F)(F)F. The first kappa shape index (κ1) is 13.4. The summed E-state index contributed by atoms with van der Waals surface area (Å²) < 4.78 is 35.2. The van der Waals surface area contributed by atoms with Crippen LogP contribution in [0.25, 0.3) is 0 Å². The molecule has 0 aromatic carbocycles. The maximum absolute atomic E-state index is 11.7. The molecule has 0 aliphatic carbocycles. The first-order chi connectivity index (χ1) is 6.19. The summed E-state index contributed by atoms with van der Waals surface area (Å²) in [5, 5.41) is 0. The van der Waals surface area contributed by atoms with Gasteiger partial charge in [0.2, 0.25) is 0 Å². The molecule has 0 bridgehead atoms. The lowest BCUT2D eigenvalue weighted by Crippen LogP contribution is -2.20. The molecule has 0 fully saturated rings. The van der Waals surface area contributed by atoms with Gasteiger partial charge in [-0.3, -0.25) is 0 Å². The van der Waals surface area contributed by atoms with Crippen molar-refractivity contribution in [2.24, 2.45) is 11.3 Å². The van der Waals surface area contributed by atoms with Crippen molar-refractivity contribution < 1.29 is 13.2 Å². The molecule has 14 heavy (non-hydrogen) atoms. The predicted molar refractivity (Wildman–Crippen MR) is 51.7 cm³/mol. The third-order valence-corrected chi connectivity index (χ3v) is 2.72. The van der Waals surface area contributed by atoms with Crippen LogP contribution in [0.2, 0.25) is 0 Å². The highest BCUT2D eigenvalue weighted by Gasteiger charge is 2.25. The molecular weight excluding hydrogens is 189 g/mol. The topological polar surface area (TPSA) is 0 Å². The fourth-order valence-electron chi connectivity index (χ4n) is 1.10. The third-order valence-electron chi connectivity index (χ3n) is 2.72. The summed E-state index contributed by atoms with van der Waals surface area (Å²) in [5.74, 6) is 3.89. The van der Waals surface area contributed by atoms with Crippen molar-refractivity contribution in [1.82, 2.24) is 0 Å². The van der Waals surface area contributed by atoms with E-state index in [1.54, 1.807) is 0 Å². The summed E-state index contributed by atoms with van der Waals surface area (Å²) in [6.07, 6.45) is -3.10. The highest BCUT2D eigenvalue weighted by molar-refractivity contribution is 5.07. The van der Waals surface area contributed by atoms with Crippen LogP contribution in [0.4, 0.5) is 13.2 Å². The number of halogens is 3. The summed E-state index contributed by atoms with van der Waals surface area (Å²) in [6, 6.07) is 0. The Labute approximate surface area is 83.9 Å². The Morgan fingerprint density at radius 2 is 1.71 bits per heavy atom. The average Bonchev–Trinajstić information content (AvgIpc) is 2.00. The molecule has 0 radical (unpaired) electrons. The fraction of sp³-hybridized carbons (Fsp3) is 0.818. The zero-order chi connectivity index (χ0) is 11.4. The van der Waals surface area contributed by atoms with Gasteiger partial charge in [-0.05, 0) is 11.3 Å². The molecule has 0 aromatic rings. The van der Waals surface area contributed by atoms with Gasteiger partial charge in [-0.2, -0.15) is 13.2 Å². The van der Waals surface area contributed by atoms with Gasteiger partial charge in [-0.25, -0.2) is 0 Å². The Morgan fingerprint density at radius 1 is 1.21 bits per heavy atom. The van der Waals surface area contributed by atoms with Crippen molar-refractivity contribution in [3.05, 3.63) is 0 Å². The van der Waals surface area contributed by atoms with E-state index in [-0.39, 0.29) is 5.41 Å². The van der Waals surface area contributed by atoms with Gasteiger partial charge in [0.1, 0.15) is 0 Å². The third kappa shape index (κ3) is 5.16. The molecule has 0 rings (SSSR count). The monoisotopic (exact) mass is 206 g/mol. The summed E-state index contributed by atoms with van der Waals surface area (Å²) in [6.45, 7) is 7.97. The summed E-state index contributed by atoms with van der Waals surface area (Å²) in [5.41, 5.74) is -0.146. The van der Waals surface area contributed by atoms with Crippen LogP contribution in [0, 0.1) is 23.2 Å². The van der Waals surface area contributed by atoms with Crippen LogP contribution in [-0.2, 0) is 0 Å². The lowest BCUT2D eigenvalue weighted by Gasteiger charge is -2.28. The van der Waals surface area contributed by atoms with Gasteiger partial charge in [0.25, 0.3) is 0 Å². The molecule has 1 atom stereocenters. The van der Waals surface area contributed by atoms with E-state index in [1.165, 1.54) is 5.92 Å². The van der Waals surface area contributed by atoms with E-state index < -0.39 is 6.18 Å². The van der Waals surface area contributed by atoms with E-state index in [4.69, 9.17) is 0 Å². The van der Waals surface area contributed by atoms with Crippen LogP contribution in [0.5, 0.6) is 0 Å². The van der Waals surface area contributed by atoms with Crippen molar-refractivity contribution in [2.45, 2.75) is 46.7 Å². The first-order valence-electron chi connectivity index (χ1n) is 4.76. The maximum Gasteiger partial charge on any atom is 0.457 e. The van der Waals surface area contributed by atoms with Gasteiger partial charge in [-0.1, -0.05) is 40.0 Å². The second-order valence-electron chi connectivity index (χ2n) is 4.27. The molecule has 0 aliphatic rings. The molecule has 0 aliphatic heterocycles. The molecule has 0 saturated heterocycles. The number of alkyl halides is 3. The van der Waals surface area contributed by atoms with Crippen LogP contribution < -0.4 is 0 Å². The van der Waals surface area contributed by atoms with E-state index in [9.17, 15) is 13.2 Å². The summed E-state index contributed by atoms with van der Waals surface area (Å²) in [4.78, 5) is 0. The zero-order valence-electron chi connectivity index (χ0n) is 9.13. The van der Waals surface area contributed by atoms with Crippen LogP contribution in [-0.4, -0.2) is 6.18 Å². The van der Waals surface area contributed by atoms with Gasteiger partial charge < -0.3 is 0 Å². The second-order valence-corrected chi connectivity index (χ2v) is 4.27. The number of hydrogen-bond donors (Lipinski definition) is 0. The van der Waals surface area contributed by atoms with Crippen LogP contribution in [0.15, 0.2) is 0 Å². The van der Waals surface area contributed by atoms with Gasteiger partial charge in [0, 0.05) is 12.3 Å². The highest BCUT2D eigenvalue weighted by atomic mass is 19.4. The zero-order valence-corrected chi connectivity index (χ0v) is 9.13. The summed E-state index contributed by atoms with van der Waals surface area (Å²) in [7, 11) is 0. The second kappa shape index (κ2) is 4.72. The minimum Gasteiger partial charge on any atom is -0.159 e. The largest absolute Gasteiger partial charge is 0.457 e. The maximum atomic E-state index is 11.7.